The Balaban J connectivity index is 2.17. The van der Waals surface area contributed by atoms with Gasteiger partial charge in [-0.3, -0.25) is 4.79 Å². The first-order valence-corrected chi connectivity index (χ1v) is 10.7. The Morgan fingerprint density at radius 1 is 1.10 bits per heavy atom. The van der Waals surface area contributed by atoms with Gasteiger partial charge in [0.05, 0.1) is 35.4 Å². The molecule has 0 fully saturated rings. The molecule has 0 aromatic heterocycles. The number of sulfonamides is 1. The number of anilines is 1. The first-order chi connectivity index (χ1) is 14.1. The molecule has 8 nitrogen and oxygen atoms in total. The highest BCUT2D eigenvalue weighted by Crippen LogP contribution is 2.26. The molecular formula is C20H23ClN2O6S. The van der Waals surface area contributed by atoms with Gasteiger partial charge in [0, 0.05) is 20.5 Å². The molecule has 0 saturated carbocycles. The molecule has 1 N–H and O–H groups in total. The van der Waals surface area contributed by atoms with Gasteiger partial charge in [-0.1, -0.05) is 11.6 Å². The number of nitrogens with zero attached hydrogens (tertiary/aromatic N) is 1. The number of aryl methyl sites for hydroxylation is 1. The van der Waals surface area contributed by atoms with Crippen molar-refractivity contribution in [2.45, 2.75) is 17.7 Å². The lowest BCUT2D eigenvalue weighted by atomic mass is 10.1. The highest BCUT2D eigenvalue weighted by atomic mass is 35.5. The Labute approximate surface area is 180 Å². The molecule has 0 aliphatic carbocycles. The molecule has 162 valence electrons. The van der Waals surface area contributed by atoms with Gasteiger partial charge < -0.3 is 14.8 Å². The maximum Gasteiger partial charge on any atom is 0.337 e. The minimum absolute atomic E-state index is 0.0423. The van der Waals surface area contributed by atoms with E-state index in [4.69, 9.17) is 16.3 Å². The Morgan fingerprint density at radius 2 is 1.80 bits per heavy atom. The number of carbonyl (C=O) groups is 2. The lowest BCUT2D eigenvalue weighted by molar-refractivity contribution is -0.116. The first kappa shape index (κ1) is 23.7. The van der Waals surface area contributed by atoms with E-state index in [9.17, 15) is 18.0 Å². The molecule has 2 aromatic rings. The van der Waals surface area contributed by atoms with E-state index in [2.05, 4.69) is 10.1 Å². The van der Waals surface area contributed by atoms with Crippen LogP contribution in [0.5, 0.6) is 5.75 Å². The van der Waals surface area contributed by atoms with Crippen molar-refractivity contribution in [2.24, 2.45) is 0 Å². The summed E-state index contributed by atoms with van der Waals surface area (Å²) in [6, 6.07) is 8.91. The lowest BCUT2D eigenvalue weighted by Crippen LogP contribution is -2.22. The Morgan fingerprint density at radius 3 is 2.40 bits per heavy atom. The Bertz CT molecular complexity index is 1050. The largest absolute Gasteiger partial charge is 0.496 e. The van der Waals surface area contributed by atoms with Gasteiger partial charge in [-0.25, -0.2) is 17.5 Å². The maximum absolute atomic E-state index is 12.4. The molecule has 0 radical (unpaired) electrons. The average Bonchev–Trinajstić information content (AvgIpc) is 2.72. The number of esters is 1. The summed E-state index contributed by atoms with van der Waals surface area (Å²) in [5, 5.41) is 2.93. The fourth-order valence-electron chi connectivity index (χ4n) is 2.65. The van der Waals surface area contributed by atoms with Crippen molar-refractivity contribution in [3.63, 3.8) is 0 Å². The zero-order valence-corrected chi connectivity index (χ0v) is 18.6. The molecule has 0 unspecified atom stereocenters. The minimum Gasteiger partial charge on any atom is -0.496 e. The topological polar surface area (TPSA) is 102 Å². The van der Waals surface area contributed by atoms with Gasteiger partial charge in [-0.05, 0) is 48.4 Å². The summed E-state index contributed by atoms with van der Waals surface area (Å²) in [7, 11) is 2.00. The molecule has 30 heavy (non-hydrogen) atoms. The summed E-state index contributed by atoms with van der Waals surface area (Å²) in [6.07, 6.45) is 0.278. The lowest BCUT2D eigenvalue weighted by Gasteiger charge is -2.15. The van der Waals surface area contributed by atoms with Crippen LogP contribution in [0.4, 0.5) is 5.69 Å². The first-order valence-electron chi connectivity index (χ1n) is 8.87. The summed E-state index contributed by atoms with van der Waals surface area (Å²) in [6.45, 7) is 0. The molecule has 0 aliphatic rings. The van der Waals surface area contributed by atoms with Crippen molar-refractivity contribution in [3.8, 4) is 5.75 Å². The monoisotopic (exact) mass is 454 g/mol. The van der Waals surface area contributed by atoms with E-state index in [1.807, 2.05) is 0 Å². The summed E-state index contributed by atoms with van der Waals surface area (Å²) in [5.74, 6) is -0.432. The van der Waals surface area contributed by atoms with Crippen LogP contribution in [0.2, 0.25) is 5.02 Å². The molecule has 2 aromatic carbocycles. The third kappa shape index (κ3) is 5.50. The van der Waals surface area contributed by atoms with Crippen molar-refractivity contribution in [3.05, 3.63) is 52.5 Å². The highest BCUT2D eigenvalue weighted by Gasteiger charge is 2.19. The number of nitrogens with one attached hydrogen (secondary N) is 1. The highest BCUT2D eigenvalue weighted by molar-refractivity contribution is 7.89. The molecule has 0 spiro atoms. The SMILES string of the molecule is COC(=O)c1ccc(Cl)c(NC(=O)CCc2cc(S(=O)(=O)N(C)C)ccc2OC)c1. The van der Waals surface area contributed by atoms with Crippen LogP contribution in [0.25, 0.3) is 0 Å². The number of carbonyl (C=O) groups excluding carboxylic acids is 2. The molecule has 0 bridgehead atoms. The standard InChI is InChI=1S/C20H23ClN2O6S/c1-23(2)30(26,27)15-7-9-18(28-3)13(11-15)6-10-19(24)22-17-12-14(20(25)29-4)5-8-16(17)21/h5,7-9,11-12H,6,10H2,1-4H3,(H,22,24). The number of hydrogen-bond donors (Lipinski definition) is 1. The van der Waals surface area contributed by atoms with Crippen LogP contribution in [0.1, 0.15) is 22.3 Å². The molecule has 1 amide bonds. The number of rotatable bonds is 8. The number of methoxy groups -OCH3 is 2. The predicted molar refractivity (Wildman–Crippen MR) is 114 cm³/mol. The molecule has 0 heterocycles. The number of amides is 1. The van der Waals surface area contributed by atoms with E-state index in [1.165, 1.54) is 58.6 Å². The summed E-state index contributed by atoms with van der Waals surface area (Å²) in [5.41, 5.74) is 1.10. The third-order valence-corrected chi connectivity index (χ3v) is 6.45. The van der Waals surface area contributed by atoms with E-state index in [0.29, 0.717) is 11.3 Å². The zero-order chi connectivity index (χ0) is 22.5. The zero-order valence-electron chi connectivity index (χ0n) is 17.1. The fourth-order valence-corrected chi connectivity index (χ4v) is 3.77. The Kier molecular flexibility index (Phi) is 7.83. The molecule has 0 saturated heterocycles. The number of halogens is 1. The predicted octanol–water partition coefficient (Wildman–Crippen LogP) is 2.96. The summed E-state index contributed by atoms with van der Waals surface area (Å²) in [4.78, 5) is 24.2. The van der Waals surface area contributed by atoms with Gasteiger partial charge >= 0.3 is 5.97 Å². The minimum atomic E-state index is -3.62. The van der Waals surface area contributed by atoms with Gasteiger partial charge in [-0.15, -0.1) is 0 Å². The molecule has 2 rings (SSSR count). The normalized spacial score (nSPS) is 11.3. The van der Waals surface area contributed by atoms with Crippen LogP contribution in [-0.4, -0.2) is 52.9 Å². The summed E-state index contributed by atoms with van der Waals surface area (Å²) < 4.78 is 35.8. The van der Waals surface area contributed by atoms with E-state index in [-0.39, 0.29) is 39.9 Å². The fraction of sp³-hybridized carbons (Fsp3) is 0.300. The van der Waals surface area contributed by atoms with E-state index in [0.717, 1.165) is 4.31 Å². The molecule has 10 heteroatoms. The second kappa shape index (κ2) is 9.92. The van der Waals surface area contributed by atoms with Crippen molar-refractivity contribution in [2.75, 3.05) is 33.6 Å². The van der Waals surface area contributed by atoms with Gasteiger partial charge in [0.1, 0.15) is 5.75 Å². The van der Waals surface area contributed by atoms with E-state index < -0.39 is 16.0 Å². The van der Waals surface area contributed by atoms with Gasteiger partial charge in [0.15, 0.2) is 0 Å². The van der Waals surface area contributed by atoms with Crippen LogP contribution >= 0.6 is 11.6 Å². The van der Waals surface area contributed by atoms with E-state index >= 15 is 0 Å². The van der Waals surface area contributed by atoms with Crippen LogP contribution in [0, 0.1) is 0 Å². The van der Waals surface area contributed by atoms with Crippen molar-refractivity contribution in [1.82, 2.24) is 4.31 Å². The summed E-state index contributed by atoms with van der Waals surface area (Å²) >= 11 is 6.10. The molecule has 0 atom stereocenters. The van der Waals surface area contributed by atoms with Gasteiger partial charge in [0.25, 0.3) is 0 Å². The second-order valence-electron chi connectivity index (χ2n) is 6.50. The quantitative estimate of drug-likeness (QED) is 0.615. The molecule has 0 aliphatic heterocycles. The average molecular weight is 455 g/mol. The van der Waals surface area contributed by atoms with Gasteiger partial charge in [0.2, 0.25) is 15.9 Å². The van der Waals surface area contributed by atoms with E-state index in [1.54, 1.807) is 6.07 Å². The van der Waals surface area contributed by atoms with Crippen LogP contribution in [0.3, 0.4) is 0 Å². The smallest absolute Gasteiger partial charge is 0.337 e. The molecular weight excluding hydrogens is 432 g/mol. The van der Waals surface area contributed by atoms with Crippen LogP contribution in [0.15, 0.2) is 41.3 Å². The van der Waals surface area contributed by atoms with Crippen molar-refractivity contribution >= 4 is 39.2 Å². The maximum atomic E-state index is 12.4. The van der Waals surface area contributed by atoms with Crippen LogP contribution in [-0.2, 0) is 26.0 Å². The number of benzene rings is 2. The second-order valence-corrected chi connectivity index (χ2v) is 9.05. The van der Waals surface area contributed by atoms with Gasteiger partial charge in [-0.2, -0.15) is 0 Å². The number of hydrogen-bond acceptors (Lipinski definition) is 6. The van der Waals surface area contributed by atoms with Crippen molar-refractivity contribution < 1.29 is 27.5 Å². The number of ether oxygens (including phenoxy) is 2. The Hall–Kier alpha value is -2.62. The van der Waals surface area contributed by atoms with Crippen molar-refractivity contribution in [1.29, 1.82) is 0 Å². The third-order valence-electron chi connectivity index (χ3n) is 4.31. The van der Waals surface area contributed by atoms with Crippen LogP contribution < -0.4 is 10.1 Å².